The van der Waals surface area contributed by atoms with Crippen LogP contribution in [0.1, 0.15) is 18.9 Å². The minimum Gasteiger partial charge on any atom is -0.353 e. The predicted octanol–water partition coefficient (Wildman–Crippen LogP) is 4.44. The molecule has 29 heavy (non-hydrogen) atoms. The van der Waals surface area contributed by atoms with Gasteiger partial charge in [-0.3, -0.25) is 9.52 Å². The van der Waals surface area contributed by atoms with Crippen LogP contribution in [0.15, 0.2) is 35.4 Å². The van der Waals surface area contributed by atoms with Crippen molar-refractivity contribution in [1.29, 1.82) is 0 Å². The number of aromatic nitrogens is 2. The smallest absolute Gasteiger partial charge is 0.261 e. The summed E-state index contributed by atoms with van der Waals surface area (Å²) in [6, 6.07) is 6.55. The van der Waals surface area contributed by atoms with Crippen molar-refractivity contribution in [3.05, 3.63) is 56.6 Å². The van der Waals surface area contributed by atoms with Crippen LogP contribution in [0, 0.1) is 6.92 Å². The van der Waals surface area contributed by atoms with Gasteiger partial charge in [0.25, 0.3) is 5.56 Å². The fourth-order valence-corrected chi connectivity index (χ4v) is 4.67. The third kappa shape index (κ3) is 4.34. The number of aryl methyl sites for hydroxylation is 2. The summed E-state index contributed by atoms with van der Waals surface area (Å²) in [7, 11) is -1.88. The Hall–Kier alpha value is -2.29. The Morgan fingerprint density at radius 1 is 1.14 bits per heavy atom. The van der Waals surface area contributed by atoms with Crippen LogP contribution >= 0.6 is 23.2 Å². The zero-order valence-corrected chi connectivity index (χ0v) is 18.4. The maximum Gasteiger partial charge on any atom is 0.261 e. The molecule has 2 N–H and O–H groups in total. The van der Waals surface area contributed by atoms with Crippen molar-refractivity contribution in [2.24, 2.45) is 7.05 Å². The number of hydrogen-bond donors (Lipinski definition) is 2. The van der Waals surface area contributed by atoms with Gasteiger partial charge in [0.15, 0.2) is 0 Å². The second kappa shape index (κ2) is 8.22. The topological polar surface area (TPSA) is 93.1 Å². The quantitative estimate of drug-likeness (QED) is 0.573. The molecule has 0 radical (unpaired) electrons. The summed E-state index contributed by atoms with van der Waals surface area (Å²) in [5.74, 6) is -0.0191. The van der Waals surface area contributed by atoms with E-state index in [1.54, 1.807) is 39.1 Å². The van der Waals surface area contributed by atoms with Gasteiger partial charge in [-0.25, -0.2) is 13.4 Å². The molecule has 1 aromatic heterocycles. The number of nitrogens with one attached hydrogen (secondary N) is 2. The van der Waals surface area contributed by atoms with Crippen LogP contribution < -0.4 is 15.6 Å². The number of hydrogen-bond acceptors (Lipinski definition) is 5. The highest BCUT2D eigenvalue weighted by molar-refractivity contribution is 7.92. The number of benzene rings is 2. The summed E-state index contributed by atoms with van der Waals surface area (Å²) >= 11 is 12.8. The third-order valence-corrected chi connectivity index (χ3v) is 6.62. The molecule has 0 aliphatic carbocycles. The molecule has 7 nitrogen and oxygen atoms in total. The Bertz CT molecular complexity index is 1260. The van der Waals surface area contributed by atoms with Crippen molar-refractivity contribution in [2.45, 2.75) is 20.3 Å². The summed E-state index contributed by atoms with van der Waals surface area (Å²) < 4.78 is 28.1. The molecule has 0 unspecified atom stereocenters. The second-order valence-corrected chi connectivity index (χ2v) is 9.25. The lowest BCUT2D eigenvalue weighted by Crippen LogP contribution is -2.18. The lowest BCUT2D eigenvalue weighted by molar-refractivity contribution is 0.600. The number of anilines is 3. The van der Waals surface area contributed by atoms with E-state index in [1.165, 1.54) is 17.0 Å². The van der Waals surface area contributed by atoms with Gasteiger partial charge in [-0.15, -0.1) is 0 Å². The summed E-state index contributed by atoms with van der Waals surface area (Å²) in [6.45, 7) is 3.57. The fraction of sp³-hybridized carbons (Fsp3) is 0.263. The Labute approximate surface area is 178 Å². The Balaban J connectivity index is 2.07. The van der Waals surface area contributed by atoms with Crippen molar-refractivity contribution in [3.63, 3.8) is 0 Å². The van der Waals surface area contributed by atoms with E-state index in [-0.39, 0.29) is 22.0 Å². The molecule has 3 aromatic rings. The standard InChI is InChI=1S/C19H20Cl2N4O3S/c1-4-9-29(27,28)24-15-6-5-12(20)18(17(15)21)23-13-7-8-14-16(11(13)2)19(26)25(3)10-22-14/h5-8,10,23-24H,4,9H2,1-3H3. The summed E-state index contributed by atoms with van der Waals surface area (Å²) in [6.07, 6.45) is 1.95. The van der Waals surface area contributed by atoms with Crippen LogP contribution in [0.5, 0.6) is 0 Å². The SMILES string of the molecule is CCCS(=O)(=O)Nc1ccc(Cl)c(Nc2ccc3ncn(C)c(=O)c3c2C)c1Cl. The Morgan fingerprint density at radius 3 is 2.52 bits per heavy atom. The van der Waals surface area contributed by atoms with Crippen molar-refractivity contribution in [2.75, 3.05) is 15.8 Å². The number of sulfonamides is 1. The van der Waals surface area contributed by atoms with Gasteiger partial charge in [-0.1, -0.05) is 30.1 Å². The highest BCUT2D eigenvalue weighted by Gasteiger charge is 2.17. The first-order valence-corrected chi connectivity index (χ1v) is 11.3. The lowest BCUT2D eigenvalue weighted by Gasteiger charge is -2.17. The summed E-state index contributed by atoms with van der Waals surface area (Å²) in [5, 5.41) is 4.06. The molecule has 0 spiro atoms. The second-order valence-electron chi connectivity index (χ2n) is 6.62. The van der Waals surface area contributed by atoms with Gasteiger partial charge in [-0.05, 0) is 43.2 Å². The van der Waals surface area contributed by atoms with Crippen molar-refractivity contribution >= 4 is 61.2 Å². The fourth-order valence-electron chi connectivity index (χ4n) is 2.96. The van der Waals surface area contributed by atoms with Crippen LogP contribution in [-0.2, 0) is 17.1 Å². The molecule has 0 fully saturated rings. The normalized spacial score (nSPS) is 11.6. The average molecular weight is 455 g/mol. The molecular formula is C19H20Cl2N4O3S. The van der Waals surface area contributed by atoms with E-state index in [4.69, 9.17) is 23.2 Å². The number of fused-ring (bicyclic) bond motifs is 1. The molecule has 10 heteroatoms. The van der Waals surface area contributed by atoms with Crippen molar-refractivity contribution < 1.29 is 8.42 Å². The monoisotopic (exact) mass is 454 g/mol. The molecule has 0 atom stereocenters. The molecule has 0 amide bonds. The number of rotatable bonds is 6. The number of halogens is 2. The van der Waals surface area contributed by atoms with Crippen LogP contribution in [0.4, 0.5) is 17.1 Å². The van der Waals surface area contributed by atoms with Crippen molar-refractivity contribution in [1.82, 2.24) is 9.55 Å². The molecular weight excluding hydrogens is 435 g/mol. The van der Waals surface area contributed by atoms with E-state index in [9.17, 15) is 13.2 Å². The van der Waals surface area contributed by atoms with Gasteiger partial charge in [0.1, 0.15) is 0 Å². The van der Waals surface area contributed by atoms with Crippen LogP contribution in [0.25, 0.3) is 10.9 Å². The van der Waals surface area contributed by atoms with E-state index in [1.807, 2.05) is 0 Å². The van der Waals surface area contributed by atoms with E-state index >= 15 is 0 Å². The highest BCUT2D eigenvalue weighted by Crippen LogP contribution is 2.39. The molecule has 2 aromatic carbocycles. The zero-order valence-electron chi connectivity index (χ0n) is 16.1. The largest absolute Gasteiger partial charge is 0.353 e. The van der Waals surface area contributed by atoms with Gasteiger partial charge in [-0.2, -0.15) is 0 Å². The summed E-state index contributed by atoms with van der Waals surface area (Å²) in [5.41, 5.74) is 2.26. The van der Waals surface area contributed by atoms with E-state index < -0.39 is 10.0 Å². The lowest BCUT2D eigenvalue weighted by atomic mass is 10.1. The first kappa shape index (κ1) is 21.4. The Morgan fingerprint density at radius 2 is 1.83 bits per heavy atom. The van der Waals surface area contributed by atoms with Crippen LogP contribution in [0.2, 0.25) is 10.0 Å². The van der Waals surface area contributed by atoms with Gasteiger partial charge >= 0.3 is 0 Å². The van der Waals surface area contributed by atoms with Crippen LogP contribution in [-0.4, -0.2) is 23.7 Å². The molecule has 0 saturated heterocycles. The Kier molecular flexibility index (Phi) is 6.07. The predicted molar refractivity (Wildman–Crippen MR) is 119 cm³/mol. The van der Waals surface area contributed by atoms with E-state index in [0.29, 0.717) is 39.3 Å². The van der Waals surface area contributed by atoms with Gasteiger partial charge in [0, 0.05) is 12.7 Å². The molecule has 154 valence electrons. The minimum absolute atomic E-state index is 0.0191. The average Bonchev–Trinajstić information content (AvgIpc) is 2.65. The first-order chi connectivity index (χ1) is 13.6. The third-order valence-electron chi connectivity index (χ3n) is 4.44. The molecule has 0 saturated carbocycles. The molecule has 0 bridgehead atoms. The van der Waals surface area contributed by atoms with Crippen LogP contribution in [0.3, 0.4) is 0 Å². The molecule has 0 aliphatic rings. The maximum absolute atomic E-state index is 12.5. The van der Waals surface area contributed by atoms with E-state index in [2.05, 4.69) is 15.0 Å². The first-order valence-electron chi connectivity index (χ1n) is 8.85. The number of nitrogens with zero attached hydrogens (tertiary/aromatic N) is 2. The van der Waals surface area contributed by atoms with Gasteiger partial charge in [0.05, 0.1) is 44.4 Å². The van der Waals surface area contributed by atoms with Gasteiger partial charge in [0.2, 0.25) is 10.0 Å². The van der Waals surface area contributed by atoms with Gasteiger partial charge < -0.3 is 9.88 Å². The highest BCUT2D eigenvalue weighted by atomic mass is 35.5. The van der Waals surface area contributed by atoms with Crippen molar-refractivity contribution in [3.8, 4) is 0 Å². The maximum atomic E-state index is 12.5. The molecule has 0 aliphatic heterocycles. The summed E-state index contributed by atoms with van der Waals surface area (Å²) in [4.78, 5) is 16.8. The molecule has 1 heterocycles. The molecule has 3 rings (SSSR count). The van der Waals surface area contributed by atoms with E-state index in [0.717, 1.165) is 0 Å². The minimum atomic E-state index is -3.51. The zero-order chi connectivity index (χ0) is 21.3.